The van der Waals surface area contributed by atoms with E-state index in [0.29, 0.717) is 22.6 Å². The number of aromatic hydroxyl groups is 1. The van der Waals surface area contributed by atoms with Crippen molar-refractivity contribution in [1.29, 1.82) is 0 Å². The number of likely N-dealkylation sites (tertiary alicyclic amines) is 1. The topological polar surface area (TPSA) is 77.5 Å². The van der Waals surface area contributed by atoms with Crippen LogP contribution in [-0.4, -0.2) is 33.9 Å². The van der Waals surface area contributed by atoms with E-state index in [4.69, 9.17) is 0 Å². The van der Waals surface area contributed by atoms with Crippen molar-refractivity contribution >= 4 is 28.7 Å². The van der Waals surface area contributed by atoms with Gasteiger partial charge in [-0.15, -0.1) is 0 Å². The highest BCUT2D eigenvalue weighted by molar-refractivity contribution is 6.09. The maximum atomic E-state index is 14.5. The molecule has 0 radical (unpaired) electrons. The Labute approximate surface area is 186 Å². The van der Waals surface area contributed by atoms with Crippen molar-refractivity contribution in [2.75, 3.05) is 23.7 Å². The minimum Gasteiger partial charge on any atom is -0.508 e. The molecular formula is C25H25FN4O2. The number of pyridine rings is 1. The molecular weight excluding hydrogens is 407 g/mol. The van der Waals surface area contributed by atoms with Crippen LogP contribution in [0.5, 0.6) is 5.75 Å². The standard InChI is InChI=1S/C25H25FN4O2/c1-15-10-18(26)21(13-22(15)31)28-20-6-7-27-25-24(20)23(32)12-17-11-16(4-5-19(17)29-25)14-30-8-2-3-9-30/h4-7,10-11,13,31H,2-3,8-9,12,14H2,1H3,(H2,27,28,29). The highest BCUT2D eigenvalue weighted by atomic mass is 19.1. The molecule has 3 heterocycles. The first-order valence-corrected chi connectivity index (χ1v) is 10.9. The van der Waals surface area contributed by atoms with E-state index < -0.39 is 5.82 Å². The monoisotopic (exact) mass is 432 g/mol. The van der Waals surface area contributed by atoms with Crippen LogP contribution in [-0.2, 0) is 13.0 Å². The van der Waals surface area contributed by atoms with Gasteiger partial charge >= 0.3 is 0 Å². The Balaban J connectivity index is 1.46. The van der Waals surface area contributed by atoms with Crippen LogP contribution in [0.1, 0.15) is 39.9 Å². The zero-order valence-corrected chi connectivity index (χ0v) is 17.9. The maximum absolute atomic E-state index is 14.5. The number of carbonyl (C=O) groups is 1. The molecule has 2 aliphatic heterocycles. The Morgan fingerprint density at radius 1 is 1.16 bits per heavy atom. The fourth-order valence-corrected chi connectivity index (χ4v) is 4.45. The summed E-state index contributed by atoms with van der Waals surface area (Å²) in [6.45, 7) is 4.74. The molecule has 2 aliphatic rings. The van der Waals surface area contributed by atoms with Crippen LogP contribution in [0.4, 0.5) is 27.3 Å². The number of fused-ring (bicyclic) bond motifs is 2. The van der Waals surface area contributed by atoms with Crippen LogP contribution in [0.3, 0.4) is 0 Å². The summed E-state index contributed by atoms with van der Waals surface area (Å²) in [6.07, 6.45) is 4.27. The van der Waals surface area contributed by atoms with Crippen LogP contribution in [0, 0.1) is 12.7 Å². The van der Waals surface area contributed by atoms with Crippen LogP contribution in [0.25, 0.3) is 0 Å². The predicted octanol–water partition coefficient (Wildman–Crippen LogP) is 5.06. The van der Waals surface area contributed by atoms with E-state index in [1.165, 1.54) is 30.5 Å². The number of phenols is 1. The Bertz CT molecular complexity index is 1200. The lowest BCUT2D eigenvalue weighted by Gasteiger charge is -2.16. The van der Waals surface area contributed by atoms with Gasteiger partial charge in [-0.2, -0.15) is 0 Å². The number of hydrogen-bond acceptors (Lipinski definition) is 6. The number of aromatic nitrogens is 1. The van der Waals surface area contributed by atoms with Crippen molar-refractivity contribution in [3.05, 3.63) is 70.7 Å². The number of carbonyl (C=O) groups excluding carboxylic acids is 1. The van der Waals surface area contributed by atoms with Crippen molar-refractivity contribution < 1.29 is 14.3 Å². The minimum atomic E-state index is -0.505. The average molecular weight is 432 g/mol. The number of nitrogens with one attached hydrogen (secondary N) is 2. The van der Waals surface area contributed by atoms with Crippen LogP contribution < -0.4 is 10.6 Å². The number of Topliss-reactive ketones (excluding diaryl/α,β-unsaturated/α-hetero) is 1. The van der Waals surface area contributed by atoms with Gasteiger partial charge in [0.2, 0.25) is 0 Å². The van der Waals surface area contributed by atoms with Gasteiger partial charge in [0, 0.05) is 30.9 Å². The van der Waals surface area contributed by atoms with E-state index >= 15 is 0 Å². The fourth-order valence-electron chi connectivity index (χ4n) is 4.45. The number of phenolic OH excluding ortho intramolecular Hbond substituents is 1. The first-order chi connectivity index (χ1) is 15.5. The van der Waals surface area contributed by atoms with Gasteiger partial charge in [0.25, 0.3) is 0 Å². The Kier molecular flexibility index (Phi) is 5.27. The number of rotatable bonds is 4. The van der Waals surface area contributed by atoms with E-state index in [-0.39, 0.29) is 23.6 Å². The van der Waals surface area contributed by atoms with Gasteiger partial charge in [-0.25, -0.2) is 9.37 Å². The lowest BCUT2D eigenvalue weighted by Crippen LogP contribution is -2.18. The summed E-state index contributed by atoms with van der Waals surface area (Å²) in [6, 6.07) is 10.4. The van der Waals surface area contributed by atoms with Gasteiger partial charge in [-0.05, 0) is 67.7 Å². The molecule has 1 saturated heterocycles. The van der Waals surface area contributed by atoms with Crippen LogP contribution in [0.2, 0.25) is 0 Å². The molecule has 0 amide bonds. The Morgan fingerprint density at radius 3 is 2.78 bits per heavy atom. The maximum Gasteiger partial charge on any atom is 0.173 e. The number of anilines is 4. The van der Waals surface area contributed by atoms with Crippen LogP contribution in [0.15, 0.2) is 42.6 Å². The molecule has 7 heteroatoms. The van der Waals surface area contributed by atoms with Crippen molar-refractivity contribution in [3.8, 4) is 5.75 Å². The average Bonchev–Trinajstić information content (AvgIpc) is 3.21. The molecule has 6 nitrogen and oxygen atoms in total. The molecule has 164 valence electrons. The summed E-state index contributed by atoms with van der Waals surface area (Å²) in [5.41, 5.74) is 4.34. The molecule has 32 heavy (non-hydrogen) atoms. The van der Waals surface area contributed by atoms with Crippen molar-refractivity contribution in [3.63, 3.8) is 0 Å². The molecule has 0 spiro atoms. The zero-order valence-electron chi connectivity index (χ0n) is 17.9. The molecule has 0 saturated carbocycles. The largest absolute Gasteiger partial charge is 0.508 e. The summed E-state index contributed by atoms with van der Waals surface area (Å²) in [4.78, 5) is 20.1. The molecule has 3 N–H and O–H groups in total. The number of halogens is 1. The molecule has 0 atom stereocenters. The van der Waals surface area contributed by atoms with E-state index in [0.717, 1.165) is 30.9 Å². The van der Waals surface area contributed by atoms with Crippen molar-refractivity contribution in [2.45, 2.75) is 32.7 Å². The van der Waals surface area contributed by atoms with E-state index in [9.17, 15) is 14.3 Å². The summed E-state index contributed by atoms with van der Waals surface area (Å²) >= 11 is 0. The number of ketones is 1. The predicted molar refractivity (Wildman–Crippen MR) is 123 cm³/mol. The van der Waals surface area contributed by atoms with Gasteiger partial charge in [0.05, 0.1) is 16.9 Å². The Hall–Kier alpha value is -3.45. The lowest BCUT2D eigenvalue weighted by molar-refractivity contribution is 0.0995. The van der Waals surface area contributed by atoms with E-state index in [2.05, 4.69) is 32.7 Å². The lowest BCUT2D eigenvalue weighted by atomic mass is 10.0. The number of nitrogens with zero attached hydrogens (tertiary/aromatic N) is 2. The molecule has 0 aliphatic carbocycles. The molecule has 3 aromatic rings. The summed E-state index contributed by atoms with van der Waals surface area (Å²) < 4.78 is 14.5. The highest BCUT2D eigenvalue weighted by Gasteiger charge is 2.25. The van der Waals surface area contributed by atoms with Crippen molar-refractivity contribution in [1.82, 2.24) is 9.88 Å². The number of hydrogen-bond donors (Lipinski definition) is 3. The van der Waals surface area contributed by atoms with Gasteiger partial charge in [0.1, 0.15) is 17.4 Å². The fraction of sp³-hybridized carbons (Fsp3) is 0.280. The number of aryl methyl sites for hydroxylation is 1. The highest BCUT2D eigenvalue weighted by Crippen LogP contribution is 2.35. The SMILES string of the molecule is Cc1cc(F)c(Nc2ccnc3c2C(=O)Cc2cc(CN4CCCC4)ccc2N3)cc1O. The third kappa shape index (κ3) is 3.91. The normalized spacial score (nSPS) is 15.6. The van der Waals surface area contributed by atoms with E-state index in [1.54, 1.807) is 19.2 Å². The van der Waals surface area contributed by atoms with Gasteiger partial charge in [-0.1, -0.05) is 12.1 Å². The molecule has 0 bridgehead atoms. The van der Waals surface area contributed by atoms with Crippen molar-refractivity contribution in [2.24, 2.45) is 0 Å². The quantitative estimate of drug-likeness (QED) is 0.535. The summed E-state index contributed by atoms with van der Waals surface area (Å²) in [5, 5.41) is 16.2. The third-order valence-electron chi connectivity index (χ3n) is 6.16. The molecule has 1 fully saturated rings. The minimum absolute atomic E-state index is 0.0172. The number of benzene rings is 2. The van der Waals surface area contributed by atoms with E-state index in [1.807, 2.05) is 6.07 Å². The third-order valence-corrected chi connectivity index (χ3v) is 6.16. The zero-order chi connectivity index (χ0) is 22.2. The van der Waals surface area contributed by atoms with Gasteiger partial charge in [0.15, 0.2) is 5.78 Å². The summed E-state index contributed by atoms with van der Waals surface area (Å²) in [5.74, 6) is -0.189. The molecule has 2 aromatic carbocycles. The first-order valence-electron chi connectivity index (χ1n) is 10.9. The smallest absolute Gasteiger partial charge is 0.173 e. The van der Waals surface area contributed by atoms with Gasteiger partial charge in [-0.3, -0.25) is 9.69 Å². The second-order valence-corrected chi connectivity index (χ2v) is 8.53. The van der Waals surface area contributed by atoms with Crippen LogP contribution >= 0.6 is 0 Å². The molecule has 0 unspecified atom stereocenters. The second kappa shape index (κ2) is 8.24. The second-order valence-electron chi connectivity index (χ2n) is 8.53. The molecule has 5 rings (SSSR count). The Morgan fingerprint density at radius 2 is 1.97 bits per heavy atom. The summed E-state index contributed by atoms with van der Waals surface area (Å²) in [7, 11) is 0. The molecule has 1 aromatic heterocycles. The van der Waals surface area contributed by atoms with Gasteiger partial charge < -0.3 is 15.7 Å². The first kappa shape index (κ1) is 20.5.